The highest BCUT2D eigenvalue weighted by Crippen LogP contribution is 2.37. The van der Waals surface area contributed by atoms with Crippen molar-refractivity contribution in [2.75, 3.05) is 26.7 Å². The molecule has 0 spiro atoms. The van der Waals surface area contributed by atoms with Gasteiger partial charge in [-0.15, -0.1) is 0 Å². The van der Waals surface area contributed by atoms with Crippen LogP contribution >= 0.6 is 0 Å². The first-order valence-electron chi connectivity index (χ1n) is 11.3. The van der Waals surface area contributed by atoms with Crippen LogP contribution in [0.3, 0.4) is 0 Å². The molecule has 5 heteroatoms. The minimum Gasteiger partial charge on any atom is -0.368 e. The molecule has 2 aliphatic rings. The average molecular weight is 421 g/mol. The molecule has 0 saturated carbocycles. The van der Waals surface area contributed by atoms with Gasteiger partial charge in [0.25, 0.3) is 5.91 Å². The Morgan fingerprint density at radius 3 is 2.58 bits per heavy atom. The molecule has 0 unspecified atom stereocenters. The average Bonchev–Trinajstić information content (AvgIpc) is 3.34. The van der Waals surface area contributed by atoms with Gasteiger partial charge in [-0.1, -0.05) is 48.5 Å². The fourth-order valence-corrected chi connectivity index (χ4v) is 5.02. The fourth-order valence-electron chi connectivity index (χ4n) is 5.02. The summed E-state index contributed by atoms with van der Waals surface area (Å²) in [6, 6.07) is 16.9. The molecule has 1 N–H and O–H groups in total. The Kier molecular flexibility index (Phi) is 6.42. The van der Waals surface area contributed by atoms with Crippen LogP contribution in [0.2, 0.25) is 0 Å². The van der Waals surface area contributed by atoms with Crippen LogP contribution in [0.1, 0.15) is 36.8 Å². The maximum absolute atomic E-state index is 13.0. The van der Waals surface area contributed by atoms with Gasteiger partial charge >= 0.3 is 0 Å². The van der Waals surface area contributed by atoms with E-state index in [0.717, 1.165) is 18.4 Å². The Morgan fingerprint density at radius 2 is 1.90 bits per heavy atom. The topological polar surface area (TPSA) is 58.6 Å². The number of piperidine rings is 1. The van der Waals surface area contributed by atoms with Crippen LogP contribution in [0.25, 0.3) is 11.1 Å². The van der Waals surface area contributed by atoms with E-state index in [9.17, 15) is 9.59 Å². The monoisotopic (exact) mass is 420 g/mol. The molecule has 1 atom stereocenters. The fraction of sp³-hybridized carbons (Fsp3) is 0.462. The lowest BCUT2D eigenvalue weighted by molar-refractivity contribution is -0.146. The second-order valence-electron chi connectivity index (χ2n) is 8.88. The second kappa shape index (κ2) is 9.23. The molecule has 4 rings (SSSR count). The van der Waals surface area contributed by atoms with E-state index in [2.05, 4.69) is 60.8 Å². The number of hydrogen-bond acceptors (Lipinski definition) is 3. The maximum atomic E-state index is 13.0. The number of rotatable bonds is 5. The molecule has 0 aliphatic carbocycles. The van der Waals surface area contributed by atoms with Gasteiger partial charge in [0.05, 0.1) is 5.41 Å². The van der Waals surface area contributed by atoms with Gasteiger partial charge in [-0.05, 0) is 61.3 Å². The minimum atomic E-state index is -0.494. The SMILES string of the molecule is CNC(=O)C1(Cc2cccc(-c3ccccc3C)c2)CCN(C(=O)[C@@H]2CCCO2)CC1. The van der Waals surface area contributed by atoms with Crippen LogP contribution in [0.15, 0.2) is 48.5 Å². The van der Waals surface area contributed by atoms with Crippen molar-refractivity contribution < 1.29 is 14.3 Å². The molecule has 0 aromatic heterocycles. The van der Waals surface area contributed by atoms with Crippen molar-refractivity contribution in [3.63, 3.8) is 0 Å². The third-order valence-corrected chi connectivity index (χ3v) is 6.87. The number of carbonyl (C=O) groups is 2. The number of benzene rings is 2. The Morgan fingerprint density at radius 1 is 1.13 bits per heavy atom. The molecule has 2 saturated heterocycles. The van der Waals surface area contributed by atoms with E-state index >= 15 is 0 Å². The number of ether oxygens (including phenoxy) is 1. The lowest BCUT2D eigenvalue weighted by Crippen LogP contribution is -2.52. The molecule has 2 aliphatic heterocycles. The molecule has 2 heterocycles. The zero-order valence-corrected chi connectivity index (χ0v) is 18.5. The Balaban J connectivity index is 1.52. The Labute approximate surface area is 184 Å². The molecule has 164 valence electrons. The number of likely N-dealkylation sites (tertiary alicyclic amines) is 1. The summed E-state index contributed by atoms with van der Waals surface area (Å²) < 4.78 is 5.58. The molecule has 31 heavy (non-hydrogen) atoms. The van der Waals surface area contributed by atoms with Gasteiger partial charge < -0.3 is 15.0 Å². The molecule has 2 aromatic rings. The van der Waals surface area contributed by atoms with Crippen molar-refractivity contribution in [3.8, 4) is 11.1 Å². The normalized spacial score (nSPS) is 20.5. The van der Waals surface area contributed by atoms with Crippen LogP contribution < -0.4 is 5.32 Å². The molecule has 2 fully saturated rings. The van der Waals surface area contributed by atoms with Gasteiger partial charge in [-0.3, -0.25) is 9.59 Å². The summed E-state index contributed by atoms with van der Waals surface area (Å²) in [5.41, 5.74) is 4.29. The van der Waals surface area contributed by atoms with Crippen LogP contribution in [0.4, 0.5) is 0 Å². The van der Waals surface area contributed by atoms with Crippen molar-refractivity contribution in [2.24, 2.45) is 5.41 Å². The Hall–Kier alpha value is -2.66. The lowest BCUT2D eigenvalue weighted by Gasteiger charge is -2.41. The molecular formula is C26H32N2O3. The third-order valence-electron chi connectivity index (χ3n) is 6.87. The van der Waals surface area contributed by atoms with Gasteiger partial charge in [-0.2, -0.15) is 0 Å². The first-order chi connectivity index (χ1) is 15.0. The minimum absolute atomic E-state index is 0.0676. The third kappa shape index (κ3) is 4.52. The van der Waals surface area contributed by atoms with Gasteiger partial charge in [0.1, 0.15) is 6.10 Å². The zero-order chi connectivity index (χ0) is 21.8. The van der Waals surface area contributed by atoms with Crippen molar-refractivity contribution in [1.82, 2.24) is 10.2 Å². The highest BCUT2D eigenvalue weighted by molar-refractivity contribution is 5.84. The van der Waals surface area contributed by atoms with E-state index < -0.39 is 5.41 Å². The van der Waals surface area contributed by atoms with Crippen LogP contribution in [0, 0.1) is 12.3 Å². The quantitative estimate of drug-likeness (QED) is 0.802. The summed E-state index contributed by atoms with van der Waals surface area (Å²) >= 11 is 0. The number of amides is 2. The van der Waals surface area contributed by atoms with E-state index in [-0.39, 0.29) is 17.9 Å². The molecule has 2 amide bonds. The molecule has 0 bridgehead atoms. The summed E-state index contributed by atoms with van der Waals surface area (Å²) in [6.07, 6.45) is 3.47. The number of aryl methyl sites for hydroxylation is 1. The molecule has 2 aromatic carbocycles. The number of nitrogens with zero attached hydrogens (tertiary/aromatic N) is 1. The smallest absolute Gasteiger partial charge is 0.251 e. The Bertz CT molecular complexity index is 941. The van der Waals surface area contributed by atoms with Gasteiger partial charge in [0.2, 0.25) is 5.91 Å². The van der Waals surface area contributed by atoms with Crippen molar-refractivity contribution in [2.45, 2.75) is 45.1 Å². The largest absolute Gasteiger partial charge is 0.368 e. The highest BCUT2D eigenvalue weighted by Gasteiger charge is 2.43. The van der Waals surface area contributed by atoms with Crippen molar-refractivity contribution in [1.29, 1.82) is 0 Å². The number of hydrogen-bond donors (Lipinski definition) is 1. The summed E-state index contributed by atoms with van der Waals surface area (Å²) in [4.78, 5) is 27.6. The van der Waals surface area contributed by atoms with E-state index in [1.807, 2.05) is 4.90 Å². The molecule has 0 radical (unpaired) electrons. The number of nitrogens with one attached hydrogen (secondary N) is 1. The zero-order valence-electron chi connectivity index (χ0n) is 18.5. The van der Waals surface area contributed by atoms with Crippen LogP contribution in [-0.2, 0) is 20.7 Å². The predicted octanol–water partition coefficient (Wildman–Crippen LogP) is 3.74. The molecule has 5 nitrogen and oxygen atoms in total. The van der Waals surface area contributed by atoms with E-state index in [1.54, 1.807) is 7.05 Å². The second-order valence-corrected chi connectivity index (χ2v) is 8.88. The van der Waals surface area contributed by atoms with Gasteiger partial charge in [0, 0.05) is 26.7 Å². The standard InChI is InChI=1S/C26H32N2O3/c1-19-7-3-4-10-22(19)21-9-5-8-20(17-21)18-26(25(30)27-2)12-14-28(15-13-26)24(29)23-11-6-16-31-23/h3-5,7-10,17,23H,6,11-16,18H2,1-2H3,(H,27,30)/t23-/m0/s1. The van der Waals surface area contributed by atoms with Gasteiger partial charge in [-0.25, -0.2) is 0 Å². The first kappa shape index (κ1) is 21.6. The van der Waals surface area contributed by atoms with Crippen molar-refractivity contribution in [3.05, 3.63) is 59.7 Å². The predicted molar refractivity (Wildman–Crippen MR) is 122 cm³/mol. The summed E-state index contributed by atoms with van der Waals surface area (Å²) in [5.74, 6) is 0.155. The van der Waals surface area contributed by atoms with E-state index in [1.165, 1.54) is 16.7 Å². The lowest BCUT2D eigenvalue weighted by atomic mass is 9.72. The van der Waals surface area contributed by atoms with E-state index in [4.69, 9.17) is 4.74 Å². The number of carbonyl (C=O) groups excluding carboxylic acids is 2. The van der Waals surface area contributed by atoms with Crippen molar-refractivity contribution >= 4 is 11.8 Å². The summed E-state index contributed by atoms with van der Waals surface area (Å²) in [6.45, 7) is 3.99. The maximum Gasteiger partial charge on any atom is 0.251 e. The van der Waals surface area contributed by atoms with E-state index in [0.29, 0.717) is 39.0 Å². The molecular weight excluding hydrogens is 388 g/mol. The van der Waals surface area contributed by atoms with Crippen LogP contribution in [-0.4, -0.2) is 49.6 Å². The van der Waals surface area contributed by atoms with Crippen LogP contribution in [0.5, 0.6) is 0 Å². The summed E-state index contributed by atoms with van der Waals surface area (Å²) in [5, 5.41) is 2.88. The highest BCUT2D eigenvalue weighted by atomic mass is 16.5. The van der Waals surface area contributed by atoms with Gasteiger partial charge in [0.15, 0.2) is 0 Å². The first-order valence-corrected chi connectivity index (χ1v) is 11.3. The summed E-state index contributed by atoms with van der Waals surface area (Å²) in [7, 11) is 1.71.